The van der Waals surface area contributed by atoms with Gasteiger partial charge in [-0.3, -0.25) is 5.43 Å². The van der Waals surface area contributed by atoms with E-state index in [-0.39, 0.29) is 5.11 Å². The predicted octanol–water partition coefficient (Wildman–Crippen LogP) is 0.447. The zero-order valence-corrected chi connectivity index (χ0v) is 6.47. The van der Waals surface area contributed by atoms with Gasteiger partial charge in [0.25, 0.3) is 0 Å². The van der Waals surface area contributed by atoms with Crippen LogP contribution >= 0.6 is 12.2 Å². The lowest BCUT2D eigenvalue weighted by atomic mass is 10.4. The van der Waals surface area contributed by atoms with Gasteiger partial charge in [0.1, 0.15) is 0 Å². The molecule has 1 rings (SSSR count). The fourth-order valence-corrected chi connectivity index (χ4v) is 0.572. The van der Waals surface area contributed by atoms with E-state index < -0.39 is 0 Å². The molecule has 0 aliphatic carbocycles. The molecule has 1 aromatic rings. The van der Waals surface area contributed by atoms with Gasteiger partial charge in [-0.15, -0.1) is 0 Å². The summed E-state index contributed by atoms with van der Waals surface area (Å²) in [4.78, 5) is 0. The van der Waals surface area contributed by atoms with Crippen molar-refractivity contribution < 1.29 is 4.42 Å². The second-order valence-electron chi connectivity index (χ2n) is 1.79. The molecule has 1 heterocycles. The highest BCUT2D eigenvalue weighted by Gasteiger charge is 1.86. The first kappa shape index (κ1) is 7.74. The number of thiocarbonyl (C=S) groups is 1. The van der Waals surface area contributed by atoms with Crippen molar-refractivity contribution in [2.24, 2.45) is 10.8 Å². The number of nitrogens with zero attached hydrogens (tertiary/aromatic N) is 1. The molecule has 0 unspecified atom stereocenters. The molecular formula is C6H7N3OS. The van der Waals surface area contributed by atoms with Crippen LogP contribution in [-0.2, 0) is 0 Å². The van der Waals surface area contributed by atoms with Crippen LogP contribution in [0.5, 0.6) is 0 Å². The van der Waals surface area contributed by atoms with Gasteiger partial charge >= 0.3 is 0 Å². The van der Waals surface area contributed by atoms with Crippen molar-refractivity contribution in [1.82, 2.24) is 5.43 Å². The van der Waals surface area contributed by atoms with E-state index in [2.05, 4.69) is 22.7 Å². The minimum absolute atomic E-state index is 0.143. The second kappa shape index (κ2) is 3.72. The fraction of sp³-hybridized carbons (Fsp3) is 0. The third-order valence-electron chi connectivity index (χ3n) is 0.932. The van der Waals surface area contributed by atoms with Crippen molar-refractivity contribution in [3.8, 4) is 0 Å². The second-order valence-corrected chi connectivity index (χ2v) is 2.23. The first-order valence-corrected chi connectivity index (χ1v) is 3.30. The SMILES string of the molecule is NC(=S)NN=Cc1ccoc1. The molecule has 0 spiro atoms. The highest BCUT2D eigenvalue weighted by atomic mass is 32.1. The standard InChI is InChI=1S/C6H7N3OS/c7-6(11)9-8-3-5-1-2-10-4-5/h1-4H,(H3,7,9,11). The molecule has 0 aromatic carbocycles. The summed E-state index contributed by atoms with van der Waals surface area (Å²) in [6, 6.07) is 1.77. The van der Waals surface area contributed by atoms with E-state index >= 15 is 0 Å². The Kier molecular flexibility index (Phi) is 2.62. The van der Waals surface area contributed by atoms with Crippen molar-refractivity contribution >= 4 is 23.5 Å². The Morgan fingerprint density at radius 2 is 2.64 bits per heavy atom. The van der Waals surface area contributed by atoms with Crippen LogP contribution in [0.25, 0.3) is 0 Å². The maximum absolute atomic E-state index is 5.12. The molecule has 0 bridgehead atoms. The normalized spacial score (nSPS) is 10.2. The fourth-order valence-electron chi connectivity index (χ4n) is 0.519. The number of furan rings is 1. The van der Waals surface area contributed by atoms with E-state index in [0.717, 1.165) is 5.56 Å². The molecular weight excluding hydrogens is 162 g/mol. The molecule has 0 aliphatic heterocycles. The molecule has 0 atom stereocenters. The lowest BCUT2D eigenvalue weighted by Gasteiger charge is -1.90. The molecule has 0 fully saturated rings. The lowest BCUT2D eigenvalue weighted by Crippen LogP contribution is -2.23. The summed E-state index contributed by atoms with van der Waals surface area (Å²) in [7, 11) is 0. The summed E-state index contributed by atoms with van der Waals surface area (Å²) in [5.74, 6) is 0. The molecule has 0 amide bonds. The van der Waals surface area contributed by atoms with Crippen LogP contribution in [-0.4, -0.2) is 11.3 Å². The van der Waals surface area contributed by atoms with Crippen molar-refractivity contribution in [2.75, 3.05) is 0 Å². The maximum Gasteiger partial charge on any atom is 0.184 e. The van der Waals surface area contributed by atoms with Crippen LogP contribution < -0.4 is 11.2 Å². The predicted molar refractivity (Wildman–Crippen MR) is 46.2 cm³/mol. The van der Waals surface area contributed by atoms with Gasteiger partial charge < -0.3 is 10.2 Å². The highest BCUT2D eigenvalue weighted by molar-refractivity contribution is 7.80. The summed E-state index contributed by atoms with van der Waals surface area (Å²) in [6.07, 6.45) is 4.68. The van der Waals surface area contributed by atoms with Crippen molar-refractivity contribution in [2.45, 2.75) is 0 Å². The molecule has 3 N–H and O–H groups in total. The monoisotopic (exact) mass is 169 g/mol. The van der Waals surface area contributed by atoms with Gasteiger partial charge in [-0.1, -0.05) is 0 Å². The minimum Gasteiger partial charge on any atom is -0.472 e. The molecule has 1 aromatic heterocycles. The largest absolute Gasteiger partial charge is 0.472 e. The molecule has 0 saturated heterocycles. The third-order valence-corrected chi connectivity index (χ3v) is 1.02. The Bertz CT molecular complexity index is 255. The Morgan fingerprint density at radius 1 is 1.82 bits per heavy atom. The van der Waals surface area contributed by atoms with E-state index in [9.17, 15) is 0 Å². The van der Waals surface area contributed by atoms with Gasteiger partial charge in [-0.2, -0.15) is 5.10 Å². The Balaban J connectivity index is 2.43. The Hall–Kier alpha value is -1.36. The van der Waals surface area contributed by atoms with Crippen LogP contribution in [0.2, 0.25) is 0 Å². The Labute approximate surface area is 69.1 Å². The van der Waals surface area contributed by atoms with Crippen molar-refractivity contribution in [3.63, 3.8) is 0 Å². The van der Waals surface area contributed by atoms with Crippen molar-refractivity contribution in [3.05, 3.63) is 24.2 Å². The third kappa shape index (κ3) is 2.81. The molecule has 0 radical (unpaired) electrons. The van der Waals surface area contributed by atoms with E-state index in [1.54, 1.807) is 24.8 Å². The number of rotatable bonds is 2. The zero-order chi connectivity index (χ0) is 8.10. The average Bonchev–Trinajstić information content (AvgIpc) is 2.39. The average molecular weight is 169 g/mol. The molecule has 11 heavy (non-hydrogen) atoms. The first-order chi connectivity index (χ1) is 5.29. The highest BCUT2D eigenvalue weighted by Crippen LogP contribution is 1.93. The van der Waals surface area contributed by atoms with E-state index in [1.165, 1.54) is 0 Å². The van der Waals surface area contributed by atoms with Gasteiger partial charge in [0.05, 0.1) is 18.7 Å². The van der Waals surface area contributed by atoms with Crippen molar-refractivity contribution in [1.29, 1.82) is 0 Å². The van der Waals surface area contributed by atoms with E-state index in [1.807, 2.05) is 0 Å². The number of nitrogens with two attached hydrogens (primary N) is 1. The quantitative estimate of drug-likeness (QED) is 0.383. The molecule has 5 heteroatoms. The van der Waals surface area contributed by atoms with Gasteiger partial charge in [0.2, 0.25) is 0 Å². The van der Waals surface area contributed by atoms with Gasteiger partial charge in [-0.25, -0.2) is 0 Å². The summed E-state index contributed by atoms with van der Waals surface area (Å²) < 4.78 is 4.79. The van der Waals surface area contributed by atoms with Gasteiger partial charge in [0, 0.05) is 5.56 Å². The van der Waals surface area contributed by atoms with E-state index in [0.29, 0.717) is 0 Å². The Morgan fingerprint density at radius 3 is 3.18 bits per heavy atom. The van der Waals surface area contributed by atoms with Crippen LogP contribution in [0.3, 0.4) is 0 Å². The molecule has 0 saturated carbocycles. The number of nitrogens with one attached hydrogen (secondary N) is 1. The zero-order valence-electron chi connectivity index (χ0n) is 5.65. The van der Waals surface area contributed by atoms with Gasteiger partial charge in [0.15, 0.2) is 5.11 Å². The van der Waals surface area contributed by atoms with E-state index in [4.69, 9.17) is 10.2 Å². The van der Waals surface area contributed by atoms with Crippen LogP contribution in [0, 0.1) is 0 Å². The molecule has 4 nitrogen and oxygen atoms in total. The number of hydrogen-bond acceptors (Lipinski definition) is 3. The first-order valence-electron chi connectivity index (χ1n) is 2.90. The van der Waals surface area contributed by atoms with Gasteiger partial charge in [-0.05, 0) is 18.3 Å². The number of hydrazone groups is 1. The van der Waals surface area contributed by atoms with Crippen LogP contribution in [0.1, 0.15) is 5.56 Å². The molecule has 0 aliphatic rings. The molecule has 58 valence electrons. The minimum atomic E-state index is 0.143. The summed E-state index contributed by atoms with van der Waals surface area (Å²) >= 11 is 4.52. The number of hydrogen-bond donors (Lipinski definition) is 2. The van der Waals surface area contributed by atoms with Crippen LogP contribution in [0.4, 0.5) is 0 Å². The topological polar surface area (TPSA) is 63.5 Å². The smallest absolute Gasteiger partial charge is 0.184 e. The lowest BCUT2D eigenvalue weighted by molar-refractivity contribution is 0.567. The van der Waals surface area contributed by atoms with Crippen LogP contribution in [0.15, 0.2) is 28.1 Å². The summed E-state index contributed by atoms with van der Waals surface area (Å²) in [5.41, 5.74) is 8.39. The summed E-state index contributed by atoms with van der Waals surface area (Å²) in [5, 5.41) is 3.86. The maximum atomic E-state index is 5.12. The summed E-state index contributed by atoms with van der Waals surface area (Å²) in [6.45, 7) is 0.